The molecule has 1 aliphatic heterocycles. The Bertz CT molecular complexity index is 389. The van der Waals surface area contributed by atoms with E-state index in [2.05, 4.69) is 17.4 Å². The van der Waals surface area contributed by atoms with Crippen molar-refractivity contribution in [3.05, 3.63) is 0 Å². The van der Waals surface area contributed by atoms with E-state index in [1.807, 2.05) is 0 Å². The van der Waals surface area contributed by atoms with Gasteiger partial charge < -0.3 is 4.79 Å². The molecule has 1 fully saturated rings. The number of Topliss-reactive ketones (excluding diaryl/α,β-unsaturated/α-hetero) is 1. The number of nitrogens with one attached hydrogen (secondary N) is 1. The quantitative estimate of drug-likeness (QED) is 0.280. The van der Waals surface area contributed by atoms with Crippen LogP contribution in [0.2, 0.25) is 0 Å². The van der Waals surface area contributed by atoms with Crippen molar-refractivity contribution in [3.63, 3.8) is 0 Å². The van der Waals surface area contributed by atoms with Crippen LogP contribution in [0, 0.1) is 0 Å². The largest absolute Gasteiger partial charge is 0.302 e. The van der Waals surface area contributed by atoms with Crippen LogP contribution < -0.4 is 4.72 Å². The lowest BCUT2D eigenvalue weighted by molar-refractivity contribution is -0.138. The van der Waals surface area contributed by atoms with Gasteiger partial charge in [0.2, 0.25) is 11.8 Å². The number of hydrogen-bond acceptors (Lipinski definition) is 7. The molecule has 2 amide bonds. The fourth-order valence-corrected chi connectivity index (χ4v) is 2.76. The predicted octanol–water partition coefficient (Wildman–Crippen LogP) is -0.172. The average Bonchev–Trinajstić information content (AvgIpc) is 2.63. The molecular weight excluding hydrogens is 288 g/mol. The standard InChI is InChI=1S/C11H16N2O4S2/c1-7(15)2-3-13-10(16)4-9(11(13)17)19-12-8(5-14)6-18/h5,8-9,12,18H,2-4,6H2,1H3/t8-,9?/m1/s1. The maximum Gasteiger partial charge on any atom is 0.244 e. The zero-order chi connectivity index (χ0) is 14.4. The molecule has 0 saturated carbocycles. The zero-order valence-electron chi connectivity index (χ0n) is 10.5. The number of rotatable bonds is 8. The van der Waals surface area contributed by atoms with Gasteiger partial charge in [0.05, 0.1) is 6.04 Å². The molecule has 1 saturated heterocycles. The monoisotopic (exact) mass is 304 g/mol. The first-order valence-electron chi connectivity index (χ1n) is 5.80. The maximum absolute atomic E-state index is 11.9. The van der Waals surface area contributed by atoms with Crippen molar-refractivity contribution in [1.29, 1.82) is 0 Å². The first-order chi connectivity index (χ1) is 8.99. The van der Waals surface area contributed by atoms with Crippen molar-refractivity contribution in [2.45, 2.75) is 31.1 Å². The first-order valence-corrected chi connectivity index (χ1v) is 7.31. The number of carbonyl (C=O) groups excluding carboxylic acids is 4. The van der Waals surface area contributed by atoms with Crippen LogP contribution in [0.15, 0.2) is 0 Å². The van der Waals surface area contributed by atoms with Crippen LogP contribution in [0.5, 0.6) is 0 Å². The van der Waals surface area contributed by atoms with E-state index >= 15 is 0 Å². The Morgan fingerprint density at radius 1 is 1.63 bits per heavy atom. The van der Waals surface area contributed by atoms with Crippen LogP contribution in [0.4, 0.5) is 0 Å². The van der Waals surface area contributed by atoms with Crippen molar-refractivity contribution >= 4 is 48.5 Å². The van der Waals surface area contributed by atoms with Crippen molar-refractivity contribution in [3.8, 4) is 0 Å². The van der Waals surface area contributed by atoms with Crippen molar-refractivity contribution in [2.24, 2.45) is 0 Å². The molecule has 1 aliphatic rings. The molecule has 0 aromatic rings. The lowest BCUT2D eigenvalue weighted by Crippen LogP contribution is -2.35. The number of likely N-dealkylation sites (tertiary alicyclic amines) is 1. The number of imide groups is 1. The summed E-state index contributed by atoms with van der Waals surface area (Å²) in [5.41, 5.74) is 0. The number of ketones is 1. The van der Waals surface area contributed by atoms with Crippen LogP contribution in [-0.2, 0) is 19.2 Å². The summed E-state index contributed by atoms with van der Waals surface area (Å²) in [7, 11) is 0. The molecule has 0 radical (unpaired) electrons. The molecule has 1 N–H and O–H groups in total. The molecule has 1 unspecified atom stereocenters. The molecular formula is C11H16N2O4S2. The Hall–Kier alpha value is -0.860. The third kappa shape index (κ3) is 4.63. The lowest BCUT2D eigenvalue weighted by Gasteiger charge is -2.15. The summed E-state index contributed by atoms with van der Waals surface area (Å²) in [4.78, 5) is 46.2. The van der Waals surface area contributed by atoms with Crippen molar-refractivity contribution in [2.75, 3.05) is 12.3 Å². The van der Waals surface area contributed by atoms with Crippen LogP contribution in [-0.4, -0.2) is 52.4 Å². The van der Waals surface area contributed by atoms with E-state index in [1.54, 1.807) is 0 Å². The fraction of sp³-hybridized carbons (Fsp3) is 0.636. The van der Waals surface area contributed by atoms with Gasteiger partial charge in [-0.25, -0.2) is 0 Å². The maximum atomic E-state index is 11.9. The fourth-order valence-electron chi connectivity index (χ4n) is 1.53. The SMILES string of the molecule is CC(=O)CCN1C(=O)CC(SN[C@H](C=O)CS)C1=O. The van der Waals surface area contributed by atoms with Crippen molar-refractivity contribution in [1.82, 2.24) is 9.62 Å². The summed E-state index contributed by atoms with van der Waals surface area (Å²) in [6.07, 6.45) is 0.969. The third-order valence-corrected chi connectivity index (χ3v) is 4.10. The number of amides is 2. The van der Waals surface area contributed by atoms with E-state index in [4.69, 9.17) is 0 Å². The summed E-state index contributed by atoms with van der Waals surface area (Å²) in [5, 5.41) is -0.540. The van der Waals surface area contributed by atoms with Gasteiger partial charge >= 0.3 is 0 Å². The molecule has 106 valence electrons. The number of aldehydes is 1. The second-order valence-corrected chi connectivity index (χ2v) is 5.59. The highest BCUT2D eigenvalue weighted by atomic mass is 32.2. The minimum atomic E-state index is -0.540. The molecule has 1 heterocycles. The summed E-state index contributed by atoms with van der Waals surface area (Å²) in [5.74, 6) is -0.336. The Morgan fingerprint density at radius 3 is 2.84 bits per heavy atom. The number of thiol groups is 1. The summed E-state index contributed by atoms with van der Waals surface area (Å²) >= 11 is 5.04. The van der Waals surface area contributed by atoms with Crippen LogP contribution in [0.25, 0.3) is 0 Å². The highest BCUT2D eigenvalue weighted by Gasteiger charge is 2.39. The van der Waals surface area contributed by atoms with Gasteiger partial charge in [-0.15, -0.1) is 0 Å². The van der Waals surface area contributed by atoms with E-state index in [1.165, 1.54) is 6.92 Å². The second-order valence-electron chi connectivity index (χ2n) is 4.19. The molecule has 0 aliphatic carbocycles. The molecule has 19 heavy (non-hydrogen) atoms. The van der Waals surface area contributed by atoms with E-state index in [-0.39, 0.29) is 37.0 Å². The molecule has 0 aromatic carbocycles. The van der Waals surface area contributed by atoms with Crippen LogP contribution in [0.3, 0.4) is 0 Å². The van der Waals surface area contributed by atoms with Gasteiger partial charge in [-0.05, 0) is 6.92 Å². The van der Waals surface area contributed by atoms with E-state index < -0.39 is 11.3 Å². The Morgan fingerprint density at radius 2 is 2.32 bits per heavy atom. The van der Waals surface area contributed by atoms with Gasteiger partial charge in [0.15, 0.2) is 0 Å². The highest BCUT2D eigenvalue weighted by molar-refractivity contribution is 7.98. The van der Waals surface area contributed by atoms with Gasteiger partial charge in [0.1, 0.15) is 17.3 Å². The van der Waals surface area contributed by atoms with E-state index in [9.17, 15) is 19.2 Å². The van der Waals surface area contributed by atoms with Gasteiger partial charge in [0, 0.05) is 25.1 Å². The van der Waals surface area contributed by atoms with Gasteiger partial charge in [0.25, 0.3) is 0 Å². The molecule has 2 atom stereocenters. The molecule has 1 rings (SSSR count). The summed E-state index contributed by atoms with van der Waals surface area (Å²) < 4.78 is 2.80. The molecule has 8 heteroatoms. The highest BCUT2D eigenvalue weighted by Crippen LogP contribution is 2.23. The minimum Gasteiger partial charge on any atom is -0.302 e. The Kier molecular flexibility index (Phi) is 6.53. The summed E-state index contributed by atoms with van der Waals surface area (Å²) in [6, 6.07) is -0.456. The van der Waals surface area contributed by atoms with E-state index in [0.29, 0.717) is 12.0 Å². The zero-order valence-corrected chi connectivity index (χ0v) is 12.2. The minimum absolute atomic E-state index is 0.0640. The summed E-state index contributed by atoms with van der Waals surface area (Å²) in [6.45, 7) is 1.55. The second kappa shape index (κ2) is 7.66. The van der Waals surface area contributed by atoms with Gasteiger partial charge in [-0.1, -0.05) is 11.9 Å². The van der Waals surface area contributed by atoms with Crippen LogP contribution >= 0.6 is 24.6 Å². The third-order valence-electron chi connectivity index (χ3n) is 2.61. The van der Waals surface area contributed by atoms with Gasteiger partial charge in [-0.2, -0.15) is 12.6 Å². The Balaban J connectivity index is 2.50. The molecule has 6 nitrogen and oxygen atoms in total. The smallest absolute Gasteiger partial charge is 0.244 e. The van der Waals surface area contributed by atoms with Crippen molar-refractivity contribution < 1.29 is 19.2 Å². The molecule has 0 aromatic heterocycles. The first kappa shape index (κ1) is 16.2. The number of nitrogens with zero attached hydrogens (tertiary/aromatic N) is 1. The normalized spacial score (nSPS) is 20.7. The molecule has 0 bridgehead atoms. The topological polar surface area (TPSA) is 83.6 Å². The van der Waals surface area contributed by atoms with Crippen LogP contribution in [0.1, 0.15) is 19.8 Å². The predicted molar refractivity (Wildman–Crippen MR) is 74.9 cm³/mol. The van der Waals surface area contributed by atoms with Gasteiger partial charge in [-0.3, -0.25) is 24.0 Å². The Labute approximate surface area is 121 Å². The molecule has 0 spiro atoms. The average molecular weight is 304 g/mol. The van der Waals surface area contributed by atoms with E-state index in [0.717, 1.165) is 16.8 Å². The number of hydrogen-bond donors (Lipinski definition) is 2. The lowest BCUT2D eigenvalue weighted by atomic mass is 10.3. The number of carbonyl (C=O) groups is 4.